The second-order valence-corrected chi connectivity index (χ2v) is 7.98. The minimum absolute atomic E-state index is 0.0479. The number of carbonyl (C=O) groups is 2. The molecule has 2 amide bonds. The molecule has 4 rings (SSSR count). The number of rotatable bonds is 6. The van der Waals surface area contributed by atoms with Crippen LogP contribution in [0.5, 0.6) is 0 Å². The average Bonchev–Trinajstić information content (AvgIpc) is 3.63. The third kappa shape index (κ3) is 5.22. The van der Waals surface area contributed by atoms with Gasteiger partial charge in [0.15, 0.2) is 23.1 Å². The van der Waals surface area contributed by atoms with Crippen LogP contribution in [0, 0.1) is 11.6 Å². The minimum atomic E-state index is -1.20. The molecule has 0 saturated heterocycles. The summed E-state index contributed by atoms with van der Waals surface area (Å²) in [6.45, 7) is 0. The molecule has 2 N–H and O–H groups in total. The average molecular weight is 464 g/mol. The molecule has 0 bridgehead atoms. The van der Waals surface area contributed by atoms with Gasteiger partial charge >= 0.3 is 0 Å². The number of nitrogens with zero attached hydrogens (tertiary/aromatic N) is 4. The molecule has 1 aromatic heterocycles. The molecule has 0 unspecified atom stereocenters. The van der Waals surface area contributed by atoms with Gasteiger partial charge in [0.1, 0.15) is 0 Å². The molecule has 2 heterocycles. The highest BCUT2D eigenvalue weighted by molar-refractivity contribution is 6.10. The molecule has 0 radical (unpaired) electrons. The monoisotopic (exact) mass is 464 g/mol. The number of anilines is 2. The quantitative estimate of drug-likeness (QED) is 0.672. The zero-order chi connectivity index (χ0) is 24.2. The van der Waals surface area contributed by atoms with Crippen molar-refractivity contribution in [3.05, 3.63) is 83.1 Å². The molecule has 8 nitrogen and oxygen atoms in total. The van der Waals surface area contributed by atoms with Crippen molar-refractivity contribution in [1.29, 1.82) is 0 Å². The fourth-order valence-electron chi connectivity index (χ4n) is 3.18. The van der Waals surface area contributed by atoms with Crippen LogP contribution in [0.1, 0.15) is 45.3 Å². The van der Waals surface area contributed by atoms with Gasteiger partial charge in [-0.25, -0.2) is 18.7 Å². The van der Waals surface area contributed by atoms with E-state index in [0.29, 0.717) is 11.4 Å². The Balaban J connectivity index is 1.69. The summed E-state index contributed by atoms with van der Waals surface area (Å²) in [6, 6.07) is 1.53. The van der Waals surface area contributed by atoms with Gasteiger partial charge in [-0.05, 0) is 31.1 Å². The molecule has 1 aliphatic heterocycles. The number of amides is 2. The van der Waals surface area contributed by atoms with Crippen molar-refractivity contribution in [2.75, 3.05) is 24.7 Å². The van der Waals surface area contributed by atoms with Crippen molar-refractivity contribution in [1.82, 2.24) is 14.9 Å². The number of hydrogen-bond acceptors (Lipinski definition) is 6. The number of halogens is 2. The second-order valence-electron chi connectivity index (χ2n) is 7.98. The van der Waals surface area contributed by atoms with Gasteiger partial charge in [0.2, 0.25) is 0 Å². The summed E-state index contributed by atoms with van der Waals surface area (Å²) < 4.78 is 27.8. The Morgan fingerprint density at radius 3 is 2.59 bits per heavy atom. The molecule has 1 fully saturated rings. The maximum atomic E-state index is 14.0. The highest BCUT2D eigenvalue weighted by Gasteiger charge is 2.28. The summed E-state index contributed by atoms with van der Waals surface area (Å²) in [6.07, 6.45) is 13.7. The predicted molar refractivity (Wildman–Crippen MR) is 125 cm³/mol. The summed E-state index contributed by atoms with van der Waals surface area (Å²) in [5, 5.41) is 5.53. The molecule has 174 valence electrons. The van der Waals surface area contributed by atoms with E-state index >= 15 is 0 Å². The SMILES string of the molecule is CN(C)C(=O)c1cc(F)c(F)cc1NC(=O)c1nc(C2CC2)cnc1NC1=C/C=C/C=C/N=C\1. The zero-order valence-electron chi connectivity index (χ0n) is 18.5. The smallest absolute Gasteiger partial charge is 0.278 e. The normalized spacial score (nSPS) is 19.1. The van der Waals surface area contributed by atoms with Gasteiger partial charge in [-0.3, -0.25) is 14.6 Å². The Bertz CT molecular complexity index is 1260. The summed E-state index contributed by atoms with van der Waals surface area (Å²) in [5.74, 6) is -3.34. The number of aliphatic imine (C=N–C) groups is 1. The van der Waals surface area contributed by atoms with E-state index < -0.39 is 23.4 Å². The van der Waals surface area contributed by atoms with Gasteiger partial charge in [-0.15, -0.1) is 0 Å². The van der Waals surface area contributed by atoms with Gasteiger partial charge < -0.3 is 15.5 Å². The third-order valence-corrected chi connectivity index (χ3v) is 5.09. The van der Waals surface area contributed by atoms with Crippen LogP contribution in [0.25, 0.3) is 0 Å². The van der Waals surface area contributed by atoms with E-state index in [2.05, 4.69) is 25.6 Å². The number of allylic oxidation sites excluding steroid dienone is 5. The lowest BCUT2D eigenvalue weighted by Gasteiger charge is -2.16. The highest BCUT2D eigenvalue weighted by atomic mass is 19.2. The van der Waals surface area contributed by atoms with Gasteiger partial charge in [-0.1, -0.05) is 12.2 Å². The lowest BCUT2D eigenvalue weighted by atomic mass is 10.1. The van der Waals surface area contributed by atoms with Crippen molar-refractivity contribution in [3.63, 3.8) is 0 Å². The van der Waals surface area contributed by atoms with E-state index in [-0.39, 0.29) is 28.7 Å². The fourth-order valence-corrected chi connectivity index (χ4v) is 3.18. The Hall–Kier alpha value is -4.21. The summed E-state index contributed by atoms with van der Waals surface area (Å²) in [7, 11) is 2.94. The molecular weight excluding hydrogens is 442 g/mol. The lowest BCUT2D eigenvalue weighted by Crippen LogP contribution is -2.25. The topological polar surface area (TPSA) is 99.6 Å². The number of nitrogens with one attached hydrogen (secondary N) is 2. The second kappa shape index (κ2) is 9.74. The molecule has 34 heavy (non-hydrogen) atoms. The zero-order valence-corrected chi connectivity index (χ0v) is 18.5. The van der Waals surface area contributed by atoms with Crippen LogP contribution in [0.2, 0.25) is 0 Å². The first-order valence-corrected chi connectivity index (χ1v) is 10.6. The van der Waals surface area contributed by atoms with Gasteiger partial charge in [-0.2, -0.15) is 0 Å². The largest absolute Gasteiger partial charge is 0.345 e. The fraction of sp³-hybridized carbons (Fsp3) is 0.208. The number of hydrogen-bond donors (Lipinski definition) is 2. The van der Waals surface area contributed by atoms with Crippen molar-refractivity contribution in [3.8, 4) is 0 Å². The van der Waals surface area contributed by atoms with Crippen LogP contribution >= 0.6 is 0 Å². The predicted octanol–water partition coefficient (Wildman–Crippen LogP) is 4.04. The van der Waals surface area contributed by atoms with Gasteiger partial charge in [0.05, 0.1) is 35.1 Å². The van der Waals surface area contributed by atoms with Crippen LogP contribution in [0.3, 0.4) is 0 Å². The molecule has 0 atom stereocenters. The van der Waals surface area contributed by atoms with Crippen molar-refractivity contribution < 1.29 is 18.4 Å². The van der Waals surface area contributed by atoms with Gasteiger partial charge in [0, 0.05) is 32.3 Å². The maximum absolute atomic E-state index is 14.0. The summed E-state index contributed by atoms with van der Waals surface area (Å²) in [4.78, 5) is 39.9. The molecule has 1 aromatic carbocycles. The van der Waals surface area contributed by atoms with Crippen molar-refractivity contribution >= 4 is 29.5 Å². The molecule has 10 heteroatoms. The van der Waals surface area contributed by atoms with Crippen LogP contribution in [-0.2, 0) is 0 Å². The van der Waals surface area contributed by atoms with Crippen LogP contribution < -0.4 is 10.6 Å². The Morgan fingerprint density at radius 1 is 1.09 bits per heavy atom. The maximum Gasteiger partial charge on any atom is 0.278 e. The van der Waals surface area contributed by atoms with E-state index in [9.17, 15) is 18.4 Å². The standard InChI is InChI=1S/C24H22F2N6O2/c1-32(2)24(34)16-10-17(25)18(26)11-19(16)31-23(33)21-22(28-13-20(30-21)14-7-8-14)29-15-6-4-3-5-9-27-12-15/h3-6,9-14H,7-8H2,1-2H3,(H,28,29)(H,31,33)/b4-3+,5-3?,6-4?,9-5+,15-6+,15-12?,27-9?,27-12-. The van der Waals surface area contributed by atoms with E-state index in [1.807, 2.05) is 0 Å². The molecule has 2 aromatic rings. The molecular formula is C24H22F2N6O2. The number of aromatic nitrogens is 2. The third-order valence-electron chi connectivity index (χ3n) is 5.09. The number of carbonyl (C=O) groups excluding carboxylic acids is 2. The van der Waals surface area contributed by atoms with E-state index in [1.54, 1.807) is 42.9 Å². The van der Waals surface area contributed by atoms with E-state index in [1.165, 1.54) is 19.0 Å². The summed E-state index contributed by atoms with van der Waals surface area (Å²) in [5.41, 5.74) is 0.804. The van der Waals surface area contributed by atoms with Crippen molar-refractivity contribution in [2.24, 2.45) is 4.99 Å². The molecule has 1 saturated carbocycles. The first-order chi connectivity index (χ1) is 16.3. The Kier molecular flexibility index (Phi) is 6.58. The lowest BCUT2D eigenvalue weighted by molar-refractivity contribution is 0.0828. The Morgan fingerprint density at radius 2 is 1.85 bits per heavy atom. The highest BCUT2D eigenvalue weighted by Crippen LogP contribution is 2.39. The molecule has 0 spiro atoms. The van der Waals surface area contributed by atoms with Crippen LogP contribution in [0.15, 0.2) is 59.5 Å². The first-order valence-electron chi connectivity index (χ1n) is 10.6. The van der Waals surface area contributed by atoms with Gasteiger partial charge in [0.25, 0.3) is 11.8 Å². The van der Waals surface area contributed by atoms with Crippen molar-refractivity contribution in [2.45, 2.75) is 18.8 Å². The minimum Gasteiger partial charge on any atom is -0.345 e. The van der Waals surface area contributed by atoms with Crippen LogP contribution in [-0.4, -0.2) is 47.0 Å². The van der Waals surface area contributed by atoms with E-state index in [0.717, 1.165) is 25.0 Å². The molecule has 1 aliphatic carbocycles. The number of benzene rings is 1. The molecule has 2 aliphatic rings. The van der Waals surface area contributed by atoms with E-state index in [4.69, 9.17) is 0 Å². The summed E-state index contributed by atoms with van der Waals surface area (Å²) >= 11 is 0. The Labute approximate surface area is 194 Å². The first kappa shape index (κ1) is 23.0. The van der Waals surface area contributed by atoms with Crippen LogP contribution in [0.4, 0.5) is 20.3 Å².